The van der Waals surface area contributed by atoms with E-state index in [0.29, 0.717) is 5.56 Å². The van der Waals surface area contributed by atoms with Crippen molar-refractivity contribution in [1.29, 1.82) is 0 Å². The second kappa shape index (κ2) is 5.73. The maximum absolute atomic E-state index is 12.2. The van der Waals surface area contributed by atoms with Crippen LogP contribution in [0.25, 0.3) is 0 Å². The minimum Gasteiger partial charge on any atom is -0.203 e. The maximum atomic E-state index is 12.2. The fraction of sp³-hybridized carbons (Fsp3) is 0.538. The Bertz CT molecular complexity index is 548. The van der Waals surface area contributed by atoms with E-state index >= 15 is 0 Å². The molecule has 0 aliphatic rings. The van der Waals surface area contributed by atoms with Crippen molar-refractivity contribution >= 4 is 10.0 Å². The molecule has 0 aliphatic carbocycles. The SMILES string of the molecule is CCC(C)(C)c1ccc(CNS(=O)(=O)C(F)(F)F)cc1. The molecule has 1 N–H and O–H groups in total. The number of rotatable bonds is 5. The van der Waals surface area contributed by atoms with E-state index in [1.807, 2.05) is 6.92 Å². The Morgan fingerprint density at radius 2 is 1.60 bits per heavy atom. The summed E-state index contributed by atoms with van der Waals surface area (Å²) in [5.41, 5.74) is -3.77. The highest BCUT2D eigenvalue weighted by atomic mass is 32.2. The third-order valence-corrected chi connectivity index (χ3v) is 4.52. The van der Waals surface area contributed by atoms with Crippen molar-refractivity contribution in [2.45, 2.75) is 44.7 Å². The second-order valence-corrected chi connectivity index (χ2v) is 6.96. The molecule has 0 heterocycles. The van der Waals surface area contributed by atoms with Crippen LogP contribution in [0.15, 0.2) is 24.3 Å². The van der Waals surface area contributed by atoms with Gasteiger partial charge in [0, 0.05) is 6.54 Å². The third-order valence-electron chi connectivity index (χ3n) is 3.39. The molecule has 0 radical (unpaired) electrons. The van der Waals surface area contributed by atoms with E-state index in [4.69, 9.17) is 0 Å². The lowest BCUT2D eigenvalue weighted by Crippen LogP contribution is -2.36. The lowest BCUT2D eigenvalue weighted by Gasteiger charge is -2.23. The molecule has 1 rings (SSSR count). The van der Waals surface area contributed by atoms with Gasteiger partial charge in [0.2, 0.25) is 0 Å². The number of hydrogen-bond acceptors (Lipinski definition) is 2. The molecule has 20 heavy (non-hydrogen) atoms. The Morgan fingerprint density at radius 3 is 2.00 bits per heavy atom. The van der Waals surface area contributed by atoms with Crippen molar-refractivity contribution in [3.63, 3.8) is 0 Å². The highest BCUT2D eigenvalue weighted by molar-refractivity contribution is 7.90. The first-order valence-electron chi connectivity index (χ1n) is 6.15. The van der Waals surface area contributed by atoms with Crippen molar-refractivity contribution in [1.82, 2.24) is 4.72 Å². The zero-order valence-electron chi connectivity index (χ0n) is 11.6. The molecule has 3 nitrogen and oxygen atoms in total. The highest BCUT2D eigenvalue weighted by Gasteiger charge is 2.45. The molecule has 0 amide bonds. The Hall–Kier alpha value is -1.08. The van der Waals surface area contributed by atoms with Gasteiger partial charge in [-0.3, -0.25) is 0 Å². The molecular formula is C13H18F3NO2S. The van der Waals surface area contributed by atoms with Gasteiger partial charge in [-0.2, -0.15) is 13.2 Å². The molecule has 0 unspecified atom stereocenters. The molecule has 7 heteroatoms. The van der Waals surface area contributed by atoms with E-state index in [0.717, 1.165) is 12.0 Å². The summed E-state index contributed by atoms with van der Waals surface area (Å²) in [4.78, 5) is 0. The molecule has 114 valence electrons. The predicted octanol–water partition coefficient (Wildman–Crippen LogP) is 3.31. The standard InChI is InChI=1S/C13H18F3NO2S/c1-4-12(2,3)11-7-5-10(6-8-11)9-17-20(18,19)13(14,15)16/h5-8,17H,4,9H2,1-3H3. The summed E-state index contributed by atoms with van der Waals surface area (Å²) >= 11 is 0. The summed E-state index contributed by atoms with van der Waals surface area (Å²) < 4.78 is 59.7. The number of hydrogen-bond donors (Lipinski definition) is 1. The fourth-order valence-corrected chi connectivity index (χ4v) is 2.06. The number of halogens is 3. The predicted molar refractivity (Wildman–Crippen MR) is 71.6 cm³/mol. The molecule has 0 saturated carbocycles. The number of nitrogens with one attached hydrogen (secondary N) is 1. The molecule has 0 aromatic heterocycles. The minimum atomic E-state index is -5.29. The van der Waals surface area contributed by atoms with Crippen LogP contribution in [0.1, 0.15) is 38.3 Å². The molecular weight excluding hydrogens is 291 g/mol. The van der Waals surface area contributed by atoms with Crippen molar-refractivity contribution in [3.8, 4) is 0 Å². The molecule has 0 atom stereocenters. The van der Waals surface area contributed by atoms with Gasteiger partial charge in [-0.15, -0.1) is 0 Å². The fourth-order valence-electron chi connectivity index (χ4n) is 1.54. The molecule has 0 bridgehead atoms. The van der Waals surface area contributed by atoms with Gasteiger partial charge in [-0.1, -0.05) is 45.0 Å². The van der Waals surface area contributed by atoms with Crippen molar-refractivity contribution in [2.75, 3.05) is 0 Å². The summed E-state index contributed by atoms with van der Waals surface area (Å²) in [6.07, 6.45) is 0.924. The first kappa shape index (κ1) is 17.0. The highest BCUT2D eigenvalue weighted by Crippen LogP contribution is 2.27. The topological polar surface area (TPSA) is 46.2 Å². The summed E-state index contributed by atoms with van der Waals surface area (Å²) in [7, 11) is -5.29. The Morgan fingerprint density at radius 1 is 1.10 bits per heavy atom. The molecule has 1 aromatic rings. The molecule has 1 aromatic carbocycles. The zero-order valence-corrected chi connectivity index (χ0v) is 12.4. The van der Waals surface area contributed by atoms with Crippen molar-refractivity contribution < 1.29 is 21.6 Å². The van der Waals surface area contributed by atoms with Gasteiger partial charge in [0.05, 0.1) is 0 Å². The van der Waals surface area contributed by atoms with Crippen LogP contribution in [0.5, 0.6) is 0 Å². The first-order chi connectivity index (χ1) is 8.99. The average Bonchev–Trinajstić information content (AvgIpc) is 2.35. The van der Waals surface area contributed by atoms with Crippen molar-refractivity contribution in [3.05, 3.63) is 35.4 Å². The van der Waals surface area contributed by atoms with Gasteiger partial charge < -0.3 is 0 Å². The second-order valence-electron chi connectivity index (χ2n) is 5.20. The number of benzene rings is 1. The minimum absolute atomic E-state index is 0.0238. The lowest BCUT2D eigenvalue weighted by atomic mass is 9.82. The van der Waals surface area contributed by atoms with Gasteiger partial charge in [0.1, 0.15) is 0 Å². The van der Waals surface area contributed by atoms with Gasteiger partial charge >= 0.3 is 15.5 Å². The van der Waals surface area contributed by atoms with E-state index in [1.165, 1.54) is 4.72 Å². The summed E-state index contributed by atoms with van der Waals surface area (Å²) in [6.45, 7) is 5.79. The quantitative estimate of drug-likeness (QED) is 0.907. The van der Waals surface area contributed by atoms with Crippen LogP contribution >= 0.6 is 0 Å². The number of alkyl halides is 3. The Kier molecular flexibility index (Phi) is 4.86. The van der Waals surface area contributed by atoms with E-state index < -0.39 is 15.5 Å². The Balaban J connectivity index is 2.78. The van der Waals surface area contributed by atoms with Gasteiger partial charge in [-0.25, -0.2) is 13.1 Å². The maximum Gasteiger partial charge on any atom is 0.511 e. The monoisotopic (exact) mass is 309 g/mol. The molecule has 0 spiro atoms. The van der Waals surface area contributed by atoms with E-state index in [1.54, 1.807) is 24.3 Å². The number of sulfonamides is 1. The molecule has 0 fully saturated rings. The van der Waals surface area contributed by atoms with E-state index in [9.17, 15) is 21.6 Å². The summed E-state index contributed by atoms with van der Waals surface area (Å²) in [6, 6.07) is 6.87. The van der Waals surface area contributed by atoms with E-state index in [-0.39, 0.29) is 12.0 Å². The van der Waals surface area contributed by atoms with E-state index in [2.05, 4.69) is 13.8 Å². The van der Waals surface area contributed by atoms with Crippen LogP contribution in [0.3, 0.4) is 0 Å². The average molecular weight is 309 g/mol. The zero-order chi connectivity index (χ0) is 15.6. The largest absolute Gasteiger partial charge is 0.511 e. The van der Waals surface area contributed by atoms with Crippen LogP contribution < -0.4 is 4.72 Å². The summed E-state index contributed by atoms with van der Waals surface area (Å²) in [5, 5.41) is 0. The van der Waals surface area contributed by atoms with Crippen LogP contribution in [-0.4, -0.2) is 13.9 Å². The van der Waals surface area contributed by atoms with Crippen LogP contribution in [-0.2, 0) is 22.0 Å². The van der Waals surface area contributed by atoms with Gasteiger partial charge in [0.25, 0.3) is 0 Å². The van der Waals surface area contributed by atoms with Crippen LogP contribution in [0.4, 0.5) is 13.2 Å². The molecule has 0 aliphatic heterocycles. The van der Waals surface area contributed by atoms with Gasteiger partial charge in [-0.05, 0) is 23.0 Å². The molecule has 0 saturated heterocycles. The van der Waals surface area contributed by atoms with Crippen LogP contribution in [0, 0.1) is 0 Å². The van der Waals surface area contributed by atoms with Crippen LogP contribution in [0.2, 0.25) is 0 Å². The van der Waals surface area contributed by atoms with Crippen molar-refractivity contribution in [2.24, 2.45) is 0 Å². The van der Waals surface area contributed by atoms with Gasteiger partial charge in [0.15, 0.2) is 0 Å². The third kappa shape index (κ3) is 3.96. The smallest absolute Gasteiger partial charge is 0.203 e. The lowest BCUT2D eigenvalue weighted by molar-refractivity contribution is -0.0448. The summed E-state index contributed by atoms with van der Waals surface area (Å²) in [5.74, 6) is 0. The first-order valence-corrected chi connectivity index (χ1v) is 7.63. The normalized spacial score (nSPS) is 13.5. The Labute approximate surface area is 117 Å².